The minimum absolute atomic E-state index is 0.0479. The van der Waals surface area contributed by atoms with Gasteiger partial charge in [-0.05, 0) is 86.3 Å². The highest BCUT2D eigenvalue weighted by atomic mass is 32.2. The quantitative estimate of drug-likeness (QED) is 0.256. The van der Waals surface area contributed by atoms with Crippen LogP contribution in [-0.2, 0) is 9.47 Å². The first kappa shape index (κ1) is 32.0. The molecule has 1 heterocycles. The summed E-state index contributed by atoms with van der Waals surface area (Å²) in [5, 5.41) is 25.1. The van der Waals surface area contributed by atoms with Gasteiger partial charge in [0.15, 0.2) is 5.79 Å². The maximum atomic E-state index is 15.5. The third kappa shape index (κ3) is 4.64. The van der Waals surface area contributed by atoms with Gasteiger partial charge >= 0.3 is 0 Å². The fourth-order valence-electron chi connectivity index (χ4n) is 10.3. The first-order valence-electron chi connectivity index (χ1n) is 16.4. The number of aliphatic hydroxyl groups is 2. The summed E-state index contributed by atoms with van der Waals surface area (Å²) in [6, 6.07) is 8.64. The molecule has 1 aromatic rings. The number of ether oxygens (including phenoxy) is 2. The molecule has 43 heavy (non-hydrogen) atoms. The number of halogens is 2. The molecule has 1 aliphatic heterocycles. The van der Waals surface area contributed by atoms with Gasteiger partial charge in [0.2, 0.25) is 0 Å². The number of fused-ring (bicyclic) bond motifs is 4. The third-order valence-corrected chi connectivity index (χ3v) is 13.9. The van der Waals surface area contributed by atoms with E-state index in [1.165, 1.54) is 10.5 Å². The van der Waals surface area contributed by atoms with Crippen LogP contribution in [0.4, 0.5) is 8.78 Å². The fourth-order valence-corrected chi connectivity index (χ4v) is 10.7. The first-order chi connectivity index (χ1) is 20.0. The van der Waals surface area contributed by atoms with Crippen LogP contribution in [-0.4, -0.2) is 52.6 Å². The Bertz CT molecular complexity index is 1260. The largest absolute Gasteiger partial charge is 0.389 e. The highest BCUT2D eigenvalue weighted by molar-refractivity contribution is 7.98. The van der Waals surface area contributed by atoms with E-state index in [0.29, 0.717) is 51.7 Å². The van der Waals surface area contributed by atoms with Crippen LogP contribution in [0.15, 0.2) is 40.3 Å². The molecule has 6 rings (SSSR count). The minimum Gasteiger partial charge on any atom is -0.389 e. The van der Waals surface area contributed by atoms with Crippen molar-refractivity contribution in [2.75, 3.05) is 19.5 Å². The number of hydrogen-bond donors (Lipinski definition) is 2. The highest BCUT2D eigenvalue weighted by Gasteiger charge is 2.72. The van der Waals surface area contributed by atoms with Crippen LogP contribution in [0.5, 0.6) is 0 Å². The summed E-state index contributed by atoms with van der Waals surface area (Å²) >= 11 is 1.70. The van der Waals surface area contributed by atoms with Crippen molar-refractivity contribution in [2.45, 2.75) is 133 Å². The SMILES string of the molecule is CCC(C)(C(C)(F)F)[C@]1(O)CCC2C3CC[C@@]4(O)CC5(CCC4=C3[C@@H](c3ccc(SC)cc3)CC21C)OCC(C)(C)CO5. The average molecular weight is 619 g/mol. The van der Waals surface area contributed by atoms with E-state index in [4.69, 9.17) is 9.47 Å². The van der Waals surface area contributed by atoms with Crippen LogP contribution in [0.3, 0.4) is 0 Å². The Morgan fingerprint density at radius 3 is 2.21 bits per heavy atom. The van der Waals surface area contributed by atoms with Crippen molar-refractivity contribution < 1.29 is 28.5 Å². The molecular formula is C36H52F2O4S. The van der Waals surface area contributed by atoms with E-state index in [-0.39, 0.29) is 29.6 Å². The molecule has 4 nitrogen and oxygen atoms in total. The Morgan fingerprint density at radius 1 is 0.977 bits per heavy atom. The molecule has 0 amide bonds. The number of hydrogen-bond acceptors (Lipinski definition) is 5. The molecule has 5 aliphatic rings. The lowest BCUT2D eigenvalue weighted by Crippen LogP contribution is -2.64. The highest BCUT2D eigenvalue weighted by Crippen LogP contribution is 2.72. The summed E-state index contributed by atoms with van der Waals surface area (Å²) in [6.07, 6.45) is 7.19. The molecule has 0 aromatic heterocycles. The van der Waals surface area contributed by atoms with Gasteiger partial charge in [-0.25, -0.2) is 8.78 Å². The van der Waals surface area contributed by atoms with Crippen molar-refractivity contribution in [3.05, 3.63) is 41.0 Å². The standard InChI is InChI=1S/C36H52F2O4S/c1-8-32(5,33(6,37)38)36(40)18-15-27-25-13-16-34(39)20-35(41-21-30(2,3)22-42-35)17-14-28(34)29(25)26(19-31(27,36)4)23-9-11-24(43-7)12-10-23/h9-12,25-27,39-40H,8,13-22H2,1-7H3/t25?,26-,27?,31?,32?,34-,36+/m1/s1. The molecule has 4 unspecified atom stereocenters. The van der Waals surface area contributed by atoms with Crippen molar-refractivity contribution in [2.24, 2.45) is 28.1 Å². The maximum absolute atomic E-state index is 15.5. The fraction of sp³-hybridized carbons (Fsp3) is 0.778. The summed E-state index contributed by atoms with van der Waals surface area (Å²) in [6.45, 7) is 12.0. The van der Waals surface area contributed by atoms with Crippen molar-refractivity contribution in [3.63, 3.8) is 0 Å². The van der Waals surface area contributed by atoms with E-state index < -0.39 is 33.7 Å². The number of allylic oxidation sites excluding steroid dienone is 1. The second kappa shape index (κ2) is 10.3. The van der Waals surface area contributed by atoms with Gasteiger partial charge in [-0.1, -0.05) is 52.3 Å². The third-order valence-electron chi connectivity index (χ3n) is 13.1. The van der Waals surface area contributed by atoms with E-state index in [1.54, 1.807) is 25.6 Å². The average Bonchev–Trinajstić information content (AvgIpc) is 3.24. The van der Waals surface area contributed by atoms with Crippen molar-refractivity contribution in [1.29, 1.82) is 0 Å². The van der Waals surface area contributed by atoms with Crippen LogP contribution in [0, 0.1) is 28.1 Å². The predicted molar refractivity (Wildman–Crippen MR) is 167 cm³/mol. The molecule has 0 radical (unpaired) electrons. The van der Waals surface area contributed by atoms with Crippen molar-refractivity contribution in [3.8, 4) is 0 Å². The predicted octanol–water partition coefficient (Wildman–Crippen LogP) is 8.51. The molecule has 4 fully saturated rings. The Morgan fingerprint density at radius 2 is 1.63 bits per heavy atom. The van der Waals surface area contributed by atoms with Gasteiger partial charge in [-0.3, -0.25) is 0 Å². The number of thioether (sulfide) groups is 1. The molecule has 1 saturated heterocycles. The minimum atomic E-state index is -3.03. The van der Waals surface area contributed by atoms with Crippen molar-refractivity contribution in [1.82, 2.24) is 0 Å². The summed E-state index contributed by atoms with van der Waals surface area (Å²) in [7, 11) is 0. The van der Waals surface area contributed by atoms with Crippen molar-refractivity contribution >= 4 is 11.8 Å². The van der Waals surface area contributed by atoms with Gasteiger partial charge in [-0.2, -0.15) is 0 Å². The molecule has 1 aromatic carbocycles. The Labute approximate surface area is 261 Å². The van der Waals surface area contributed by atoms with Gasteiger partial charge in [0.25, 0.3) is 5.92 Å². The maximum Gasteiger partial charge on any atom is 0.253 e. The zero-order valence-corrected chi connectivity index (χ0v) is 28.0. The topological polar surface area (TPSA) is 58.9 Å². The molecule has 4 aliphatic carbocycles. The summed E-state index contributed by atoms with van der Waals surface area (Å²) in [5.41, 5.74) is -1.22. The Kier molecular flexibility index (Phi) is 7.62. The first-order valence-corrected chi connectivity index (χ1v) is 17.7. The molecule has 0 bridgehead atoms. The Balaban J connectivity index is 1.46. The second-order valence-corrected chi connectivity index (χ2v) is 16.8. The monoisotopic (exact) mass is 618 g/mol. The normalized spacial score (nSPS) is 40.0. The van der Waals surface area contributed by atoms with Gasteiger partial charge in [-0.15, -0.1) is 11.8 Å². The van der Waals surface area contributed by atoms with E-state index >= 15 is 8.78 Å². The zero-order chi connectivity index (χ0) is 31.3. The van der Waals surface area contributed by atoms with E-state index in [1.807, 2.05) is 0 Å². The lowest BCUT2D eigenvalue weighted by atomic mass is 9.46. The number of rotatable bonds is 5. The zero-order valence-electron chi connectivity index (χ0n) is 27.2. The summed E-state index contributed by atoms with van der Waals surface area (Å²) in [5.74, 6) is -3.62. The number of alkyl halides is 2. The summed E-state index contributed by atoms with van der Waals surface area (Å²) in [4.78, 5) is 1.17. The van der Waals surface area contributed by atoms with Crippen LogP contribution in [0.2, 0.25) is 0 Å². The molecule has 240 valence electrons. The smallest absolute Gasteiger partial charge is 0.253 e. The van der Waals surface area contributed by atoms with Gasteiger partial charge < -0.3 is 19.7 Å². The number of benzene rings is 1. The molecule has 1 spiro atoms. The van der Waals surface area contributed by atoms with Gasteiger partial charge in [0.05, 0.1) is 29.8 Å². The lowest BCUT2D eigenvalue weighted by Gasteiger charge is -2.61. The molecule has 3 saturated carbocycles. The van der Waals surface area contributed by atoms with Crippen LogP contribution < -0.4 is 0 Å². The van der Waals surface area contributed by atoms with Gasteiger partial charge in [0.1, 0.15) is 0 Å². The van der Waals surface area contributed by atoms with Crippen LogP contribution >= 0.6 is 11.8 Å². The van der Waals surface area contributed by atoms with Crippen LogP contribution in [0.25, 0.3) is 0 Å². The molecule has 2 N–H and O–H groups in total. The molecule has 7 heteroatoms. The van der Waals surface area contributed by atoms with E-state index in [2.05, 4.69) is 51.3 Å². The molecule has 7 atom stereocenters. The lowest BCUT2D eigenvalue weighted by molar-refractivity contribution is -0.322. The van der Waals surface area contributed by atoms with Gasteiger partial charge in [0, 0.05) is 41.4 Å². The second-order valence-electron chi connectivity index (χ2n) is 16.0. The van der Waals surface area contributed by atoms with E-state index in [0.717, 1.165) is 30.9 Å². The van der Waals surface area contributed by atoms with E-state index in [9.17, 15) is 10.2 Å². The Hall–Kier alpha value is -0.990. The van der Waals surface area contributed by atoms with Crippen LogP contribution in [0.1, 0.15) is 111 Å². The summed E-state index contributed by atoms with van der Waals surface area (Å²) < 4.78 is 43.8. The molecular weight excluding hydrogens is 566 g/mol.